The lowest BCUT2D eigenvalue weighted by molar-refractivity contribution is -0.133. The molecule has 0 radical (unpaired) electrons. The van der Waals surface area contributed by atoms with Crippen molar-refractivity contribution in [2.45, 2.75) is 56.4 Å². The molecule has 3 aromatic carbocycles. The van der Waals surface area contributed by atoms with Gasteiger partial charge in [-0.05, 0) is 71.6 Å². The van der Waals surface area contributed by atoms with Gasteiger partial charge in [0.05, 0.1) is 11.7 Å². The molecule has 5 nitrogen and oxygen atoms in total. The molecule has 0 aromatic heterocycles. The first-order valence-corrected chi connectivity index (χ1v) is 17.9. The SMILES string of the molecule is Cc1ccc(F)cc1[C@H]1NC(=O)C[C@@H](c2cccc(Cl)c2)[C@]12C(=O)N(COCC[Si](C)(C)C)c1cc(Cl)ccc12. The molecule has 0 unspecified atom stereocenters. The van der Waals surface area contributed by atoms with E-state index in [1.54, 1.807) is 35.2 Å². The number of nitrogens with zero attached hydrogens (tertiary/aromatic N) is 1. The van der Waals surface area contributed by atoms with Crippen molar-refractivity contribution < 1.29 is 18.7 Å². The molecule has 1 spiro atoms. The van der Waals surface area contributed by atoms with Crippen molar-refractivity contribution in [1.29, 1.82) is 0 Å². The van der Waals surface area contributed by atoms with Gasteiger partial charge in [0.2, 0.25) is 11.8 Å². The van der Waals surface area contributed by atoms with Gasteiger partial charge in [-0.25, -0.2) is 4.39 Å². The normalized spacial score (nSPS) is 22.5. The summed E-state index contributed by atoms with van der Waals surface area (Å²) in [6.07, 6.45) is 0.0589. The minimum absolute atomic E-state index is 0.0451. The molecular formula is C31H33Cl2FN2O3Si. The van der Waals surface area contributed by atoms with Gasteiger partial charge in [-0.1, -0.05) is 67.1 Å². The molecule has 0 aliphatic carbocycles. The van der Waals surface area contributed by atoms with Gasteiger partial charge in [0, 0.05) is 37.1 Å². The average molecular weight is 600 g/mol. The first-order valence-electron chi connectivity index (χ1n) is 13.4. The second kappa shape index (κ2) is 10.9. The number of rotatable bonds is 7. The summed E-state index contributed by atoms with van der Waals surface area (Å²) in [6, 6.07) is 17.2. The second-order valence-electron chi connectivity index (χ2n) is 11.9. The summed E-state index contributed by atoms with van der Waals surface area (Å²) >= 11 is 12.9. The van der Waals surface area contributed by atoms with Crippen molar-refractivity contribution >= 4 is 48.8 Å². The minimum Gasteiger partial charge on any atom is -0.361 e. The number of fused-ring (bicyclic) bond motifs is 2. The van der Waals surface area contributed by atoms with Gasteiger partial charge >= 0.3 is 0 Å². The summed E-state index contributed by atoms with van der Waals surface area (Å²) in [6.45, 7) is 9.25. The van der Waals surface area contributed by atoms with Crippen LogP contribution in [0.5, 0.6) is 0 Å². The fourth-order valence-electron chi connectivity index (χ4n) is 6.03. The number of anilines is 1. The van der Waals surface area contributed by atoms with Crippen molar-refractivity contribution in [3.8, 4) is 0 Å². The lowest BCUT2D eigenvalue weighted by Gasteiger charge is -2.47. The zero-order chi connectivity index (χ0) is 28.8. The summed E-state index contributed by atoms with van der Waals surface area (Å²) in [5.74, 6) is -1.47. The van der Waals surface area contributed by atoms with E-state index in [1.165, 1.54) is 12.1 Å². The van der Waals surface area contributed by atoms with E-state index in [0.29, 0.717) is 33.5 Å². The Hall–Kier alpha value is -2.71. The Labute approximate surface area is 245 Å². The Morgan fingerprint density at radius 2 is 1.80 bits per heavy atom. The van der Waals surface area contributed by atoms with Gasteiger partial charge < -0.3 is 10.1 Å². The smallest absolute Gasteiger partial charge is 0.242 e. The van der Waals surface area contributed by atoms with E-state index in [0.717, 1.165) is 17.2 Å². The third kappa shape index (κ3) is 5.20. The Bertz CT molecular complexity index is 1480. The molecule has 2 heterocycles. The topological polar surface area (TPSA) is 58.6 Å². The molecule has 3 atom stereocenters. The standard InChI is InChI=1S/C31H33Cl2FN2O3Si/c1-19-8-10-23(34)16-24(19)29-31(26(17-28(37)35-29)20-6-5-7-21(32)14-20)25-11-9-22(33)15-27(25)36(30(31)38)18-39-12-13-40(2,3)4/h5-11,14-16,26,29H,12-13,17-18H2,1-4H3,(H,35,37)/t26-,29+,31-/m0/s1. The molecular weight excluding hydrogens is 566 g/mol. The number of carbonyl (C=O) groups excluding carboxylic acids is 2. The van der Waals surface area contributed by atoms with Gasteiger partial charge in [-0.2, -0.15) is 0 Å². The number of piperidine rings is 1. The highest BCUT2D eigenvalue weighted by molar-refractivity contribution is 6.76. The summed E-state index contributed by atoms with van der Waals surface area (Å²) < 4.78 is 20.8. The van der Waals surface area contributed by atoms with E-state index < -0.39 is 31.3 Å². The predicted molar refractivity (Wildman–Crippen MR) is 160 cm³/mol. The van der Waals surface area contributed by atoms with Crippen LogP contribution in [0.15, 0.2) is 60.7 Å². The highest BCUT2D eigenvalue weighted by Crippen LogP contribution is 2.59. The Balaban J connectivity index is 1.72. The van der Waals surface area contributed by atoms with Crippen LogP contribution in [0.25, 0.3) is 0 Å². The van der Waals surface area contributed by atoms with Crippen LogP contribution in [0.2, 0.25) is 35.7 Å². The molecule has 2 amide bonds. The Kier molecular flexibility index (Phi) is 7.87. The zero-order valence-corrected chi connectivity index (χ0v) is 25.6. The number of ether oxygens (including phenoxy) is 1. The Morgan fingerprint density at radius 1 is 1.05 bits per heavy atom. The van der Waals surface area contributed by atoms with Gasteiger partial charge in [0.25, 0.3) is 0 Å². The van der Waals surface area contributed by atoms with Crippen LogP contribution in [0.3, 0.4) is 0 Å². The first kappa shape index (κ1) is 28.8. The van der Waals surface area contributed by atoms with Crippen molar-refractivity contribution in [3.05, 3.63) is 98.8 Å². The largest absolute Gasteiger partial charge is 0.361 e. The molecule has 1 fully saturated rings. The third-order valence-electron chi connectivity index (χ3n) is 8.02. The first-order chi connectivity index (χ1) is 18.9. The number of nitrogens with one attached hydrogen (secondary N) is 1. The molecule has 9 heteroatoms. The van der Waals surface area contributed by atoms with E-state index in [1.807, 2.05) is 25.1 Å². The monoisotopic (exact) mass is 598 g/mol. The van der Waals surface area contributed by atoms with Crippen molar-refractivity contribution in [2.24, 2.45) is 0 Å². The van der Waals surface area contributed by atoms with Gasteiger partial charge in [0.1, 0.15) is 18.0 Å². The van der Waals surface area contributed by atoms with E-state index in [-0.39, 0.29) is 25.0 Å². The van der Waals surface area contributed by atoms with Crippen LogP contribution in [-0.2, 0) is 19.7 Å². The van der Waals surface area contributed by atoms with Crippen molar-refractivity contribution in [3.63, 3.8) is 0 Å². The average Bonchev–Trinajstić information content (AvgIpc) is 3.11. The molecule has 40 heavy (non-hydrogen) atoms. The number of aryl methyl sites for hydroxylation is 1. The third-order valence-corrected chi connectivity index (χ3v) is 10.2. The highest BCUT2D eigenvalue weighted by Gasteiger charge is 2.63. The van der Waals surface area contributed by atoms with Gasteiger partial charge in [-0.3, -0.25) is 14.5 Å². The van der Waals surface area contributed by atoms with Crippen LogP contribution in [-0.4, -0.2) is 33.2 Å². The molecule has 210 valence electrons. The number of hydrogen-bond donors (Lipinski definition) is 1. The van der Waals surface area contributed by atoms with Crippen molar-refractivity contribution in [2.75, 3.05) is 18.2 Å². The number of amides is 2. The van der Waals surface area contributed by atoms with Crippen LogP contribution in [0.4, 0.5) is 10.1 Å². The lowest BCUT2D eigenvalue weighted by Crippen LogP contribution is -2.58. The molecule has 5 rings (SSSR count). The summed E-state index contributed by atoms with van der Waals surface area (Å²) in [5.41, 5.74) is 2.14. The molecule has 0 bridgehead atoms. The summed E-state index contributed by atoms with van der Waals surface area (Å²) in [7, 11) is -1.35. The molecule has 3 aromatic rings. The van der Waals surface area contributed by atoms with Crippen LogP contribution < -0.4 is 10.2 Å². The molecule has 2 aliphatic rings. The second-order valence-corrected chi connectivity index (χ2v) is 18.4. The number of halogens is 3. The maximum absolute atomic E-state index is 14.9. The minimum atomic E-state index is -1.35. The highest BCUT2D eigenvalue weighted by atomic mass is 35.5. The lowest BCUT2D eigenvalue weighted by atomic mass is 9.59. The number of carbonyl (C=O) groups is 2. The maximum Gasteiger partial charge on any atom is 0.242 e. The zero-order valence-electron chi connectivity index (χ0n) is 23.1. The van der Waals surface area contributed by atoms with E-state index in [2.05, 4.69) is 25.0 Å². The van der Waals surface area contributed by atoms with E-state index >= 15 is 0 Å². The molecule has 1 saturated heterocycles. The molecule has 2 aliphatic heterocycles. The fourth-order valence-corrected chi connectivity index (χ4v) is 7.16. The fraction of sp³-hybridized carbons (Fsp3) is 0.355. The maximum atomic E-state index is 14.9. The quantitative estimate of drug-likeness (QED) is 0.228. The number of benzene rings is 3. The van der Waals surface area contributed by atoms with Crippen LogP contribution in [0.1, 0.15) is 40.6 Å². The van der Waals surface area contributed by atoms with E-state index in [9.17, 15) is 14.0 Å². The Morgan fingerprint density at radius 3 is 2.52 bits per heavy atom. The van der Waals surface area contributed by atoms with Gasteiger partial charge in [-0.15, -0.1) is 0 Å². The van der Waals surface area contributed by atoms with E-state index in [4.69, 9.17) is 27.9 Å². The molecule has 0 saturated carbocycles. The summed E-state index contributed by atoms with van der Waals surface area (Å²) in [5, 5.41) is 4.07. The van der Waals surface area contributed by atoms with Crippen LogP contribution >= 0.6 is 23.2 Å². The van der Waals surface area contributed by atoms with Crippen LogP contribution in [0, 0.1) is 12.7 Å². The molecule has 1 N–H and O–H groups in total. The number of hydrogen-bond acceptors (Lipinski definition) is 3. The van der Waals surface area contributed by atoms with Crippen molar-refractivity contribution in [1.82, 2.24) is 5.32 Å². The predicted octanol–water partition coefficient (Wildman–Crippen LogP) is 7.38. The summed E-state index contributed by atoms with van der Waals surface area (Å²) in [4.78, 5) is 29.9. The van der Waals surface area contributed by atoms with Gasteiger partial charge in [0.15, 0.2) is 0 Å².